The molecule has 1 aliphatic rings. The van der Waals surface area contributed by atoms with Crippen molar-refractivity contribution in [2.75, 3.05) is 39.9 Å². The first-order valence-corrected chi connectivity index (χ1v) is 5.71. The molecule has 80 valence electrons. The molecule has 1 saturated heterocycles. The van der Waals surface area contributed by atoms with E-state index in [1.807, 2.05) is 0 Å². The Bertz CT molecular complexity index is 314. The Morgan fingerprint density at radius 3 is 2.57 bits per heavy atom. The summed E-state index contributed by atoms with van der Waals surface area (Å²) in [7, 11) is -1.90. The molecule has 6 heteroatoms. The van der Waals surface area contributed by atoms with Crippen molar-refractivity contribution in [2.45, 2.75) is 0 Å². The van der Waals surface area contributed by atoms with E-state index < -0.39 is 10.2 Å². The highest BCUT2D eigenvalue weighted by Crippen LogP contribution is 2.08. The molecule has 0 unspecified atom stereocenters. The number of morpholine rings is 1. The smallest absolute Gasteiger partial charge is 0.282 e. The van der Waals surface area contributed by atoms with Crippen molar-refractivity contribution >= 4 is 10.2 Å². The average molecular weight is 218 g/mol. The van der Waals surface area contributed by atoms with Crippen LogP contribution in [0.2, 0.25) is 0 Å². The van der Waals surface area contributed by atoms with Crippen molar-refractivity contribution in [1.29, 1.82) is 0 Å². The number of rotatable bonds is 3. The molecule has 0 saturated carbocycles. The summed E-state index contributed by atoms with van der Waals surface area (Å²) in [4.78, 5) is 0. The van der Waals surface area contributed by atoms with E-state index in [2.05, 4.69) is 5.92 Å². The number of hydrogen-bond donors (Lipinski definition) is 0. The van der Waals surface area contributed by atoms with Crippen molar-refractivity contribution in [3.8, 4) is 12.3 Å². The van der Waals surface area contributed by atoms with Crippen LogP contribution in [-0.2, 0) is 14.9 Å². The minimum atomic E-state index is -3.38. The lowest BCUT2D eigenvalue weighted by Gasteiger charge is -2.29. The van der Waals surface area contributed by atoms with Crippen LogP contribution >= 0.6 is 0 Å². The van der Waals surface area contributed by atoms with Gasteiger partial charge in [-0.15, -0.1) is 6.42 Å². The Balaban J connectivity index is 2.68. The quantitative estimate of drug-likeness (QED) is 0.579. The predicted octanol–water partition coefficient (Wildman–Crippen LogP) is -0.872. The second kappa shape index (κ2) is 4.75. The van der Waals surface area contributed by atoms with Crippen LogP contribution in [0, 0.1) is 12.3 Å². The molecule has 0 aromatic rings. The molecule has 1 aliphatic heterocycles. The number of terminal acetylenes is 1. The maximum Gasteiger partial charge on any atom is 0.282 e. The summed E-state index contributed by atoms with van der Waals surface area (Å²) in [6.07, 6.45) is 5.06. The van der Waals surface area contributed by atoms with Gasteiger partial charge in [-0.1, -0.05) is 5.92 Å². The van der Waals surface area contributed by atoms with Crippen molar-refractivity contribution in [3.05, 3.63) is 0 Å². The summed E-state index contributed by atoms with van der Waals surface area (Å²) in [6, 6.07) is 0. The first-order valence-electron chi connectivity index (χ1n) is 4.31. The molecular formula is C8H14N2O3S. The van der Waals surface area contributed by atoms with E-state index in [4.69, 9.17) is 11.2 Å². The van der Waals surface area contributed by atoms with Gasteiger partial charge in [-0.2, -0.15) is 17.0 Å². The van der Waals surface area contributed by atoms with Gasteiger partial charge >= 0.3 is 0 Å². The van der Waals surface area contributed by atoms with Crippen LogP contribution < -0.4 is 0 Å². The molecule has 0 spiro atoms. The van der Waals surface area contributed by atoms with Gasteiger partial charge in [-0.3, -0.25) is 0 Å². The highest BCUT2D eigenvalue weighted by atomic mass is 32.2. The van der Waals surface area contributed by atoms with Crippen LogP contribution in [0.5, 0.6) is 0 Å². The number of hydrogen-bond acceptors (Lipinski definition) is 3. The summed E-state index contributed by atoms with van der Waals surface area (Å²) in [5, 5.41) is 0. The van der Waals surface area contributed by atoms with E-state index >= 15 is 0 Å². The van der Waals surface area contributed by atoms with Crippen molar-refractivity contribution in [3.63, 3.8) is 0 Å². The van der Waals surface area contributed by atoms with Gasteiger partial charge in [0.15, 0.2) is 0 Å². The lowest BCUT2D eigenvalue weighted by molar-refractivity contribution is 0.0708. The second-order valence-electron chi connectivity index (χ2n) is 2.98. The summed E-state index contributed by atoms with van der Waals surface area (Å²) >= 11 is 0. The predicted molar refractivity (Wildman–Crippen MR) is 52.8 cm³/mol. The molecule has 0 amide bonds. The first-order chi connectivity index (χ1) is 6.59. The fraction of sp³-hybridized carbons (Fsp3) is 0.750. The summed E-state index contributed by atoms with van der Waals surface area (Å²) < 4.78 is 31.2. The molecule has 0 N–H and O–H groups in total. The van der Waals surface area contributed by atoms with Gasteiger partial charge in [0.1, 0.15) is 0 Å². The highest BCUT2D eigenvalue weighted by Gasteiger charge is 2.27. The molecule has 0 atom stereocenters. The molecular weight excluding hydrogens is 204 g/mol. The summed E-state index contributed by atoms with van der Waals surface area (Å²) in [5.74, 6) is 2.30. The zero-order valence-corrected chi connectivity index (χ0v) is 8.96. The van der Waals surface area contributed by atoms with E-state index in [0.29, 0.717) is 26.3 Å². The molecule has 1 rings (SSSR count). The van der Waals surface area contributed by atoms with E-state index in [-0.39, 0.29) is 6.54 Å². The maximum atomic E-state index is 11.8. The fourth-order valence-corrected chi connectivity index (χ4v) is 2.43. The van der Waals surface area contributed by atoms with Crippen molar-refractivity contribution in [2.24, 2.45) is 0 Å². The molecule has 0 aromatic heterocycles. The minimum Gasteiger partial charge on any atom is -0.379 e. The van der Waals surface area contributed by atoms with E-state index in [1.54, 1.807) is 0 Å². The second-order valence-corrected chi connectivity index (χ2v) is 5.01. The lowest BCUT2D eigenvalue weighted by Crippen LogP contribution is -2.47. The fourth-order valence-electron chi connectivity index (χ4n) is 1.18. The average Bonchev–Trinajstić information content (AvgIpc) is 2.19. The Kier molecular flexibility index (Phi) is 3.89. The van der Waals surface area contributed by atoms with Crippen LogP contribution in [0.1, 0.15) is 0 Å². The zero-order valence-electron chi connectivity index (χ0n) is 8.14. The third-order valence-corrected chi connectivity index (χ3v) is 3.94. The van der Waals surface area contributed by atoms with Crippen LogP contribution in [0.25, 0.3) is 0 Å². The Hall–Kier alpha value is -0.610. The third-order valence-electron chi connectivity index (χ3n) is 2.00. The Morgan fingerprint density at radius 2 is 2.07 bits per heavy atom. The molecule has 0 radical (unpaired) electrons. The van der Waals surface area contributed by atoms with Crippen LogP contribution in [0.15, 0.2) is 0 Å². The van der Waals surface area contributed by atoms with E-state index in [9.17, 15) is 8.42 Å². The van der Waals surface area contributed by atoms with Crippen molar-refractivity contribution in [1.82, 2.24) is 8.61 Å². The maximum absolute atomic E-state index is 11.8. The Labute approximate surface area is 84.8 Å². The monoisotopic (exact) mass is 218 g/mol. The van der Waals surface area contributed by atoms with E-state index in [1.165, 1.54) is 15.7 Å². The molecule has 14 heavy (non-hydrogen) atoms. The van der Waals surface area contributed by atoms with Gasteiger partial charge in [0.2, 0.25) is 0 Å². The normalized spacial score (nSPS) is 19.5. The Morgan fingerprint density at radius 1 is 1.50 bits per heavy atom. The number of nitrogens with zero attached hydrogens (tertiary/aromatic N) is 2. The van der Waals surface area contributed by atoms with Gasteiger partial charge in [0.05, 0.1) is 19.8 Å². The third kappa shape index (κ3) is 2.45. The van der Waals surface area contributed by atoms with Gasteiger partial charge in [0, 0.05) is 20.1 Å². The minimum absolute atomic E-state index is 0.0969. The summed E-state index contributed by atoms with van der Waals surface area (Å²) in [5.41, 5.74) is 0. The molecule has 0 aromatic carbocycles. The molecule has 1 fully saturated rings. The van der Waals surface area contributed by atoms with Crippen LogP contribution in [0.3, 0.4) is 0 Å². The molecule has 0 aliphatic carbocycles. The number of ether oxygens (including phenoxy) is 1. The van der Waals surface area contributed by atoms with Gasteiger partial charge in [-0.05, 0) is 0 Å². The molecule has 0 bridgehead atoms. The lowest BCUT2D eigenvalue weighted by atomic mass is 10.5. The molecule has 5 nitrogen and oxygen atoms in total. The van der Waals surface area contributed by atoms with Gasteiger partial charge < -0.3 is 4.74 Å². The van der Waals surface area contributed by atoms with Crippen molar-refractivity contribution < 1.29 is 13.2 Å². The zero-order chi connectivity index (χ0) is 10.6. The SMILES string of the molecule is C#CCN(C)S(=O)(=O)N1CCOCC1. The van der Waals surface area contributed by atoms with Crippen LogP contribution in [0.4, 0.5) is 0 Å². The topological polar surface area (TPSA) is 49.9 Å². The largest absolute Gasteiger partial charge is 0.379 e. The summed E-state index contributed by atoms with van der Waals surface area (Å²) in [6.45, 7) is 1.79. The van der Waals surface area contributed by atoms with Gasteiger partial charge in [0.25, 0.3) is 10.2 Å². The first kappa shape index (κ1) is 11.5. The van der Waals surface area contributed by atoms with Gasteiger partial charge in [-0.25, -0.2) is 0 Å². The van der Waals surface area contributed by atoms with E-state index in [0.717, 1.165) is 0 Å². The molecule has 1 heterocycles. The standard InChI is InChI=1S/C8H14N2O3S/c1-3-4-9(2)14(11,12)10-5-7-13-8-6-10/h1H,4-8H2,2H3. The highest BCUT2D eigenvalue weighted by molar-refractivity contribution is 7.86. The van der Waals surface area contributed by atoms with Crippen LogP contribution in [-0.4, -0.2) is 56.9 Å².